The Morgan fingerprint density at radius 2 is 0.887 bits per heavy atom. The summed E-state index contributed by atoms with van der Waals surface area (Å²) in [6, 6.07) is 11.9. The third kappa shape index (κ3) is 6.73. The number of carbonyl (C=O) groups excluding carboxylic acids is 2. The molecule has 62 heavy (non-hydrogen) atoms. The van der Waals surface area contributed by atoms with Crippen LogP contribution in [0.2, 0.25) is 0 Å². The first-order valence-corrected chi connectivity index (χ1v) is 19.0. The maximum atomic E-state index is 14.7. The Bertz CT molecular complexity index is 2330. The first-order valence-electron chi connectivity index (χ1n) is 19.0. The number of aromatic carboxylic acids is 2. The number of carboxylic acids is 2. The van der Waals surface area contributed by atoms with E-state index in [4.69, 9.17) is 18.9 Å². The van der Waals surface area contributed by atoms with Crippen LogP contribution in [0.25, 0.3) is 0 Å². The molecule has 0 bridgehead atoms. The zero-order chi connectivity index (χ0) is 44.6. The molecule has 2 aliphatic carbocycles. The molecule has 12 N–H and O–H groups in total. The minimum Gasteiger partial charge on any atom is -0.507 e. The normalized spacial score (nSPS) is 30.1. The highest BCUT2D eigenvalue weighted by atomic mass is 16.7. The number of ketones is 2. The number of rotatable bonds is 9. The van der Waals surface area contributed by atoms with Crippen molar-refractivity contribution in [3.63, 3.8) is 0 Å². The predicted molar refractivity (Wildman–Crippen MR) is 202 cm³/mol. The predicted octanol–water partition coefficient (Wildman–Crippen LogP) is -1.10. The van der Waals surface area contributed by atoms with Gasteiger partial charge in [-0.15, -0.1) is 0 Å². The van der Waals surface area contributed by atoms with Crippen molar-refractivity contribution in [1.29, 1.82) is 0 Å². The van der Waals surface area contributed by atoms with Gasteiger partial charge in [-0.3, -0.25) is 9.59 Å². The molecule has 4 aliphatic rings. The van der Waals surface area contributed by atoms with E-state index < -0.39 is 144 Å². The number of aliphatic hydroxyl groups excluding tert-OH is 8. The van der Waals surface area contributed by atoms with Gasteiger partial charge in [-0.05, 0) is 58.7 Å². The second-order valence-electron chi connectivity index (χ2n) is 15.2. The largest absolute Gasteiger partial charge is 0.507 e. The van der Waals surface area contributed by atoms with Gasteiger partial charge in [0.05, 0.1) is 46.6 Å². The lowest BCUT2D eigenvalue weighted by molar-refractivity contribution is -0.277. The molecule has 0 spiro atoms. The van der Waals surface area contributed by atoms with Crippen LogP contribution in [0.3, 0.4) is 0 Å². The van der Waals surface area contributed by atoms with Gasteiger partial charge >= 0.3 is 11.9 Å². The van der Waals surface area contributed by atoms with Gasteiger partial charge in [-0.25, -0.2) is 9.59 Å². The van der Waals surface area contributed by atoms with Crippen LogP contribution < -0.4 is 9.47 Å². The maximum Gasteiger partial charge on any atom is 0.335 e. The van der Waals surface area contributed by atoms with E-state index in [1.165, 1.54) is 36.4 Å². The van der Waals surface area contributed by atoms with Gasteiger partial charge < -0.3 is 80.2 Å². The Labute approximate surface area is 348 Å². The quantitative estimate of drug-likeness (QED) is 0.0950. The highest BCUT2D eigenvalue weighted by Crippen LogP contribution is 2.56. The molecule has 2 unspecified atom stereocenters. The minimum absolute atomic E-state index is 0.00301. The molecule has 4 aromatic rings. The smallest absolute Gasteiger partial charge is 0.335 e. The molecule has 2 saturated heterocycles. The summed E-state index contributed by atoms with van der Waals surface area (Å²) in [4.78, 5) is 54.2. The Kier molecular flexibility index (Phi) is 11.0. The van der Waals surface area contributed by atoms with E-state index >= 15 is 0 Å². The number of hydrogen-bond acceptors (Lipinski definition) is 18. The van der Waals surface area contributed by atoms with Gasteiger partial charge in [0, 0.05) is 11.8 Å². The molecule has 2 fully saturated rings. The van der Waals surface area contributed by atoms with E-state index in [0.717, 1.165) is 24.3 Å². The van der Waals surface area contributed by atoms with Gasteiger partial charge in [-0.1, -0.05) is 24.3 Å². The fraction of sp³-hybridized carbons (Fsp3) is 0.333. The monoisotopic (exact) mass is 862 g/mol. The number of fused-ring (bicyclic) bond motifs is 4. The topological polar surface area (TPSA) is 348 Å². The first-order chi connectivity index (χ1) is 29.5. The SMILES string of the molecule is O=C(O)c1cc(O)c2c(c1)C(C1c3cc(C(=O)O)cc(O)c3C(=O)c3c(O[C@@H]4O[C@H](CO)[C@@H](O)[C@H](O)[C@H]4O)cccc31)c1cccc(O[C@@H]3O[C@H](CO)[C@@H](O)[C@H](O)[C@H]3O)c1C2=O. The number of ether oxygens (including phenoxy) is 4. The Morgan fingerprint density at radius 1 is 0.516 bits per heavy atom. The standard InChI is InChI=1S/C42H38O20/c43-11-23-31(47)35(51)37(53)41(61-23)59-21-5-1-3-15-25(17-7-13(39(55)56)9-19(45)27(17)33(49)29(15)21)26-16-4-2-6-22(60-42-38(54)36(52)32(48)24(12-44)62-42)30(16)34(50)28-18(26)8-14(40(57)58)10-20(28)46/h1-10,23-26,31-32,35-38,41-48,51-54H,11-12H2,(H,55,56)(H,57,58)/t23-,24-,25?,26?,31-,32-,35+,36+,37-,38-,41-,42-/m1/s1. The summed E-state index contributed by atoms with van der Waals surface area (Å²) in [5.74, 6) is -10.1. The van der Waals surface area contributed by atoms with Crippen molar-refractivity contribution in [2.45, 2.75) is 73.2 Å². The number of phenols is 2. The summed E-state index contributed by atoms with van der Waals surface area (Å²) in [7, 11) is 0. The highest BCUT2D eigenvalue weighted by molar-refractivity contribution is 6.18. The van der Waals surface area contributed by atoms with Crippen molar-refractivity contribution in [3.05, 3.63) is 116 Å². The number of benzene rings is 4. The van der Waals surface area contributed by atoms with Gasteiger partial charge in [0.1, 0.15) is 71.8 Å². The minimum atomic E-state index is -1.94. The van der Waals surface area contributed by atoms with Crippen molar-refractivity contribution in [2.75, 3.05) is 13.2 Å². The molecule has 8 rings (SSSR count). The van der Waals surface area contributed by atoms with Crippen molar-refractivity contribution < 1.29 is 99.4 Å². The first kappa shape index (κ1) is 42.6. The van der Waals surface area contributed by atoms with E-state index in [0.29, 0.717) is 0 Å². The molecule has 20 nitrogen and oxygen atoms in total. The number of carboxylic acid groups (broad SMARTS) is 2. The van der Waals surface area contributed by atoms with Crippen LogP contribution in [-0.2, 0) is 9.47 Å². The average Bonchev–Trinajstić information content (AvgIpc) is 3.24. The number of hydrogen-bond donors (Lipinski definition) is 12. The molecule has 2 aliphatic heterocycles. The lowest BCUT2D eigenvalue weighted by Gasteiger charge is -2.41. The fourth-order valence-corrected chi connectivity index (χ4v) is 8.71. The second-order valence-corrected chi connectivity index (χ2v) is 15.2. The van der Waals surface area contributed by atoms with E-state index in [1.54, 1.807) is 0 Å². The highest BCUT2D eigenvalue weighted by Gasteiger charge is 2.50. The van der Waals surface area contributed by atoms with Crippen LogP contribution in [0.15, 0.2) is 60.7 Å². The molecule has 2 heterocycles. The molecular weight excluding hydrogens is 824 g/mol. The van der Waals surface area contributed by atoms with Crippen molar-refractivity contribution in [3.8, 4) is 23.0 Å². The van der Waals surface area contributed by atoms with Gasteiger partial charge in [0.2, 0.25) is 24.1 Å². The third-order valence-electron chi connectivity index (χ3n) is 11.7. The summed E-state index contributed by atoms with van der Waals surface area (Å²) in [6.45, 7) is -1.64. The summed E-state index contributed by atoms with van der Waals surface area (Å²) in [5.41, 5.74) is -2.87. The summed E-state index contributed by atoms with van der Waals surface area (Å²) in [6.07, 6.45) is -17.7. The Balaban J connectivity index is 1.38. The zero-order valence-electron chi connectivity index (χ0n) is 31.7. The lowest BCUT2D eigenvalue weighted by Crippen LogP contribution is -2.60. The number of aromatic hydroxyl groups is 2. The Hall–Kier alpha value is -6.04. The fourth-order valence-electron chi connectivity index (χ4n) is 8.71. The third-order valence-corrected chi connectivity index (χ3v) is 11.7. The molecule has 20 heteroatoms. The second kappa shape index (κ2) is 16.0. The molecule has 0 radical (unpaired) electrons. The van der Waals surface area contributed by atoms with E-state index in [-0.39, 0.29) is 44.9 Å². The van der Waals surface area contributed by atoms with Gasteiger partial charge in [0.25, 0.3) is 0 Å². The van der Waals surface area contributed by atoms with Crippen molar-refractivity contribution in [2.24, 2.45) is 0 Å². The average molecular weight is 863 g/mol. The van der Waals surface area contributed by atoms with Gasteiger partial charge in [-0.2, -0.15) is 0 Å². The van der Waals surface area contributed by atoms with Crippen molar-refractivity contribution >= 4 is 23.5 Å². The van der Waals surface area contributed by atoms with Crippen molar-refractivity contribution in [1.82, 2.24) is 0 Å². The van der Waals surface area contributed by atoms with Crippen LogP contribution in [-0.4, -0.2) is 159 Å². The molecule has 0 amide bonds. The maximum absolute atomic E-state index is 14.7. The van der Waals surface area contributed by atoms with E-state index in [2.05, 4.69) is 0 Å². The van der Waals surface area contributed by atoms with Crippen LogP contribution in [0, 0.1) is 0 Å². The van der Waals surface area contributed by atoms with Crippen LogP contribution in [0.4, 0.5) is 0 Å². The molecule has 0 saturated carbocycles. The molecule has 4 aromatic carbocycles. The van der Waals surface area contributed by atoms with E-state index in [9.17, 15) is 80.5 Å². The summed E-state index contributed by atoms with van der Waals surface area (Å²) < 4.78 is 23.0. The summed E-state index contributed by atoms with van der Waals surface area (Å²) >= 11 is 0. The van der Waals surface area contributed by atoms with Crippen LogP contribution >= 0.6 is 0 Å². The van der Waals surface area contributed by atoms with Crippen LogP contribution in [0.5, 0.6) is 23.0 Å². The number of phenolic OH excluding ortho intramolecular Hbond substituents is 2. The molecule has 0 aromatic heterocycles. The lowest BCUT2D eigenvalue weighted by atomic mass is 9.63. The molecule has 12 atom stereocenters. The number of aliphatic hydroxyl groups is 8. The number of carbonyl (C=O) groups is 4. The molecule has 326 valence electrons. The molecular formula is C42H38O20. The van der Waals surface area contributed by atoms with Gasteiger partial charge in [0.15, 0.2) is 0 Å². The zero-order valence-corrected chi connectivity index (χ0v) is 31.7. The van der Waals surface area contributed by atoms with Crippen LogP contribution in [0.1, 0.15) is 86.6 Å². The summed E-state index contributed by atoms with van der Waals surface area (Å²) in [5, 5.41) is 126. The van der Waals surface area contributed by atoms with E-state index in [1.807, 2.05) is 0 Å². The Morgan fingerprint density at radius 3 is 1.23 bits per heavy atom.